The summed E-state index contributed by atoms with van der Waals surface area (Å²) in [6.07, 6.45) is 2.24. The predicted octanol–water partition coefficient (Wildman–Crippen LogP) is 1.75. The third-order valence-electron chi connectivity index (χ3n) is 3.86. The fraction of sp³-hybridized carbons (Fsp3) is 0.818. The lowest BCUT2D eigenvalue weighted by Crippen LogP contribution is -2.44. The van der Waals surface area contributed by atoms with Crippen LogP contribution in [0.15, 0.2) is 0 Å². The summed E-state index contributed by atoms with van der Waals surface area (Å²) in [5, 5.41) is 8.83. The Morgan fingerprint density at radius 1 is 1.47 bits per heavy atom. The molecule has 0 aromatic carbocycles. The van der Waals surface area contributed by atoms with E-state index in [1.807, 2.05) is 0 Å². The number of carboxylic acid groups (broad SMARTS) is 1. The van der Waals surface area contributed by atoms with Gasteiger partial charge in [0.15, 0.2) is 0 Å². The fourth-order valence-electron chi connectivity index (χ4n) is 3.00. The lowest BCUT2D eigenvalue weighted by Gasteiger charge is -2.37. The monoisotopic (exact) mass is 211 g/mol. The highest BCUT2D eigenvalue weighted by molar-refractivity contribution is 5.87. The zero-order valence-corrected chi connectivity index (χ0v) is 9.03. The van der Waals surface area contributed by atoms with Crippen molar-refractivity contribution in [1.82, 2.24) is 4.90 Å². The highest BCUT2D eigenvalue weighted by Gasteiger charge is 2.47. The smallest absolute Gasteiger partial charge is 0.407 e. The molecule has 1 amide bonds. The molecule has 0 aromatic rings. The second kappa shape index (κ2) is 3.51. The Kier molecular flexibility index (Phi) is 2.44. The van der Waals surface area contributed by atoms with Crippen molar-refractivity contribution in [3.8, 4) is 0 Å². The Hall–Kier alpha value is -1.06. The second-order valence-electron chi connectivity index (χ2n) is 4.99. The molecule has 0 bridgehead atoms. The van der Waals surface area contributed by atoms with Crippen LogP contribution in [-0.2, 0) is 4.79 Å². The van der Waals surface area contributed by atoms with E-state index in [1.54, 1.807) is 0 Å². The van der Waals surface area contributed by atoms with E-state index in [-0.39, 0.29) is 5.41 Å². The summed E-state index contributed by atoms with van der Waals surface area (Å²) in [5.74, 6) is 0.842. The molecule has 15 heavy (non-hydrogen) atoms. The zero-order chi connectivity index (χ0) is 11.1. The van der Waals surface area contributed by atoms with Crippen LogP contribution < -0.4 is 0 Å². The van der Waals surface area contributed by atoms with Gasteiger partial charge in [-0.2, -0.15) is 0 Å². The van der Waals surface area contributed by atoms with E-state index in [2.05, 4.69) is 6.92 Å². The highest BCUT2D eigenvalue weighted by Crippen LogP contribution is 2.46. The topological polar surface area (TPSA) is 57.6 Å². The molecule has 4 nitrogen and oxygen atoms in total. The predicted molar refractivity (Wildman–Crippen MR) is 54.7 cm³/mol. The maximum Gasteiger partial charge on any atom is 0.407 e. The summed E-state index contributed by atoms with van der Waals surface area (Å²) in [7, 11) is 0. The number of carbonyl (C=O) groups is 2. The van der Waals surface area contributed by atoms with Crippen molar-refractivity contribution >= 4 is 11.9 Å². The first kappa shape index (κ1) is 10.5. The van der Waals surface area contributed by atoms with Crippen LogP contribution in [0.3, 0.4) is 0 Å². The second-order valence-corrected chi connectivity index (χ2v) is 4.99. The lowest BCUT2D eigenvalue weighted by atomic mass is 9.76. The van der Waals surface area contributed by atoms with Gasteiger partial charge in [0.2, 0.25) is 0 Å². The zero-order valence-electron chi connectivity index (χ0n) is 9.03. The quantitative estimate of drug-likeness (QED) is 0.664. The van der Waals surface area contributed by atoms with E-state index < -0.39 is 6.09 Å². The van der Waals surface area contributed by atoms with E-state index in [0.29, 0.717) is 31.2 Å². The molecule has 1 saturated carbocycles. The number of hydrogen-bond acceptors (Lipinski definition) is 2. The summed E-state index contributed by atoms with van der Waals surface area (Å²) in [5.41, 5.74) is -0.175. The molecule has 1 aliphatic carbocycles. The molecule has 84 valence electrons. The van der Waals surface area contributed by atoms with Gasteiger partial charge in [0, 0.05) is 24.9 Å². The molecule has 1 N–H and O–H groups in total. The summed E-state index contributed by atoms with van der Waals surface area (Å²) in [6, 6.07) is 0. The number of likely N-dealkylation sites (tertiary alicyclic amines) is 1. The van der Waals surface area contributed by atoms with Crippen LogP contribution in [0.1, 0.15) is 32.6 Å². The molecule has 4 heteroatoms. The first-order valence-corrected chi connectivity index (χ1v) is 5.55. The number of hydrogen-bond donors (Lipinski definition) is 1. The molecule has 0 aromatic heterocycles. The molecule has 0 radical (unpaired) electrons. The number of rotatable bonds is 0. The average Bonchev–Trinajstić information content (AvgIpc) is 2.42. The van der Waals surface area contributed by atoms with E-state index in [9.17, 15) is 9.59 Å². The van der Waals surface area contributed by atoms with E-state index in [4.69, 9.17) is 5.11 Å². The summed E-state index contributed by atoms with van der Waals surface area (Å²) >= 11 is 0. The molecule has 2 aliphatic rings. The minimum absolute atomic E-state index is 0.175. The van der Waals surface area contributed by atoms with Gasteiger partial charge in [-0.1, -0.05) is 6.92 Å². The van der Waals surface area contributed by atoms with Crippen LogP contribution in [0.2, 0.25) is 0 Å². The first-order chi connectivity index (χ1) is 7.03. The Morgan fingerprint density at radius 2 is 2.07 bits per heavy atom. The summed E-state index contributed by atoms with van der Waals surface area (Å²) in [6.45, 7) is 3.15. The fourth-order valence-corrected chi connectivity index (χ4v) is 3.00. The molecule has 1 spiro atoms. The third kappa shape index (κ3) is 1.73. The molecular formula is C11H17NO3. The van der Waals surface area contributed by atoms with Crippen LogP contribution in [-0.4, -0.2) is 35.0 Å². The van der Waals surface area contributed by atoms with Gasteiger partial charge in [-0.15, -0.1) is 0 Å². The van der Waals surface area contributed by atoms with Crippen LogP contribution >= 0.6 is 0 Å². The standard InChI is InChI=1S/C11H17NO3/c1-8-6-9(13)11(7-8)2-4-12(5-3-11)10(14)15/h8H,2-7H2,1H3,(H,14,15)/t8-/m0/s1. The minimum Gasteiger partial charge on any atom is -0.465 e. The largest absolute Gasteiger partial charge is 0.465 e. The minimum atomic E-state index is -0.858. The third-order valence-corrected chi connectivity index (χ3v) is 3.86. The number of carbonyl (C=O) groups excluding carboxylic acids is 1. The van der Waals surface area contributed by atoms with Gasteiger partial charge in [-0.3, -0.25) is 4.79 Å². The summed E-state index contributed by atoms with van der Waals surface area (Å²) < 4.78 is 0. The summed E-state index contributed by atoms with van der Waals surface area (Å²) in [4.78, 5) is 24.0. The highest BCUT2D eigenvalue weighted by atomic mass is 16.4. The van der Waals surface area contributed by atoms with Crippen LogP contribution in [0.4, 0.5) is 4.79 Å². The van der Waals surface area contributed by atoms with Crippen LogP contribution in [0.5, 0.6) is 0 Å². The Labute approximate surface area is 89.3 Å². The Bertz CT molecular complexity index is 292. The number of piperidine rings is 1. The van der Waals surface area contributed by atoms with Gasteiger partial charge in [0.1, 0.15) is 5.78 Å². The Morgan fingerprint density at radius 3 is 2.47 bits per heavy atom. The van der Waals surface area contributed by atoms with Crippen molar-refractivity contribution < 1.29 is 14.7 Å². The van der Waals surface area contributed by atoms with Gasteiger partial charge in [0.25, 0.3) is 0 Å². The van der Waals surface area contributed by atoms with Crippen LogP contribution in [0.25, 0.3) is 0 Å². The molecule has 1 saturated heterocycles. The number of Topliss-reactive ketones (excluding diaryl/α,β-unsaturated/α-hetero) is 1. The lowest BCUT2D eigenvalue weighted by molar-refractivity contribution is -0.128. The van der Waals surface area contributed by atoms with Crippen molar-refractivity contribution in [2.24, 2.45) is 11.3 Å². The van der Waals surface area contributed by atoms with Gasteiger partial charge in [-0.25, -0.2) is 4.79 Å². The molecule has 1 atom stereocenters. The van der Waals surface area contributed by atoms with Gasteiger partial charge in [-0.05, 0) is 25.2 Å². The molecule has 1 aliphatic heterocycles. The first-order valence-electron chi connectivity index (χ1n) is 5.55. The maximum atomic E-state index is 11.9. The van der Waals surface area contributed by atoms with Gasteiger partial charge < -0.3 is 10.0 Å². The number of nitrogens with zero attached hydrogens (tertiary/aromatic N) is 1. The molecule has 1 heterocycles. The Balaban J connectivity index is 2.03. The van der Waals surface area contributed by atoms with E-state index >= 15 is 0 Å². The van der Waals surface area contributed by atoms with Crippen molar-refractivity contribution in [1.29, 1.82) is 0 Å². The van der Waals surface area contributed by atoms with E-state index in [1.165, 1.54) is 4.90 Å². The van der Waals surface area contributed by atoms with Crippen molar-refractivity contribution in [3.63, 3.8) is 0 Å². The van der Waals surface area contributed by atoms with Crippen LogP contribution in [0, 0.1) is 11.3 Å². The molecule has 2 rings (SSSR count). The molecular weight excluding hydrogens is 194 g/mol. The number of amides is 1. The van der Waals surface area contributed by atoms with Gasteiger partial charge in [0.05, 0.1) is 0 Å². The van der Waals surface area contributed by atoms with Gasteiger partial charge >= 0.3 is 6.09 Å². The SMILES string of the molecule is C[C@H]1CC(=O)C2(CCN(C(=O)O)CC2)C1. The maximum absolute atomic E-state index is 11.9. The van der Waals surface area contributed by atoms with E-state index in [0.717, 1.165) is 19.3 Å². The molecule has 2 fully saturated rings. The van der Waals surface area contributed by atoms with Crippen molar-refractivity contribution in [2.45, 2.75) is 32.6 Å². The van der Waals surface area contributed by atoms with Crippen molar-refractivity contribution in [2.75, 3.05) is 13.1 Å². The van der Waals surface area contributed by atoms with Crippen molar-refractivity contribution in [3.05, 3.63) is 0 Å². The normalized spacial score (nSPS) is 29.8. The average molecular weight is 211 g/mol. The number of ketones is 1. The molecule has 0 unspecified atom stereocenters.